The van der Waals surface area contributed by atoms with Crippen molar-refractivity contribution in [3.05, 3.63) is 69.8 Å². The number of hydrazine groups is 1. The molecule has 0 radical (unpaired) electrons. The van der Waals surface area contributed by atoms with Gasteiger partial charge in [-0.3, -0.25) is 30.6 Å². The minimum atomic E-state index is -3.16. The highest BCUT2D eigenvalue weighted by molar-refractivity contribution is 5.97. The summed E-state index contributed by atoms with van der Waals surface area (Å²) in [5, 5.41) is 10.7. The molecule has 12 heteroatoms. The normalized spacial score (nSPS) is 10.2. The molecule has 2 rings (SSSR count). The maximum atomic E-state index is 12.3. The molecule has 2 N–H and O–H groups in total. The molecule has 2 aromatic carbocycles. The standard InChI is InChI=1S/C17H13F2N3O7/c18-17(19)29-13-7-2-1-6-12(13)16(25)28-9-14(23)20-21-15(24)10-4-3-5-11(8-10)22(26)27/h1-8,17H,9H2,(H,20,23)(H,21,24). The third-order valence-corrected chi connectivity index (χ3v) is 3.29. The van der Waals surface area contributed by atoms with E-state index < -0.39 is 41.7 Å². The number of ether oxygens (including phenoxy) is 2. The first kappa shape index (κ1) is 21.2. The molecule has 2 amide bonds. The van der Waals surface area contributed by atoms with Gasteiger partial charge in [0.25, 0.3) is 17.5 Å². The zero-order chi connectivity index (χ0) is 21.4. The first-order chi connectivity index (χ1) is 13.8. The molecule has 0 saturated carbocycles. The summed E-state index contributed by atoms with van der Waals surface area (Å²) in [6.07, 6.45) is 0. The Labute approximate surface area is 161 Å². The molecule has 0 unspecified atom stereocenters. The number of benzene rings is 2. The Morgan fingerprint density at radius 3 is 2.48 bits per heavy atom. The summed E-state index contributed by atoms with van der Waals surface area (Å²) in [6.45, 7) is -3.99. The fourth-order valence-electron chi connectivity index (χ4n) is 2.04. The van der Waals surface area contributed by atoms with Gasteiger partial charge in [0.1, 0.15) is 11.3 Å². The van der Waals surface area contributed by atoms with Gasteiger partial charge < -0.3 is 9.47 Å². The number of para-hydroxylation sites is 1. The number of nitro groups is 1. The highest BCUT2D eigenvalue weighted by Crippen LogP contribution is 2.21. The van der Waals surface area contributed by atoms with Crippen LogP contribution < -0.4 is 15.6 Å². The Morgan fingerprint density at radius 1 is 1.07 bits per heavy atom. The number of hydrogen-bond donors (Lipinski definition) is 2. The molecule has 0 saturated heterocycles. The largest absolute Gasteiger partial charge is 0.452 e. The van der Waals surface area contributed by atoms with E-state index in [1.807, 2.05) is 10.9 Å². The van der Waals surface area contributed by atoms with E-state index in [4.69, 9.17) is 0 Å². The molecule has 2 aromatic rings. The monoisotopic (exact) mass is 409 g/mol. The number of hydrogen-bond acceptors (Lipinski definition) is 7. The Kier molecular flexibility index (Phi) is 7.12. The molecule has 0 heterocycles. The number of rotatable bonds is 7. The number of carbonyl (C=O) groups excluding carboxylic acids is 3. The summed E-state index contributed by atoms with van der Waals surface area (Å²) >= 11 is 0. The SMILES string of the molecule is O=C(COC(=O)c1ccccc1OC(F)F)NNC(=O)c1cccc([N+](=O)[O-])c1. The van der Waals surface area contributed by atoms with Crippen molar-refractivity contribution in [2.45, 2.75) is 6.61 Å². The summed E-state index contributed by atoms with van der Waals surface area (Å²) in [7, 11) is 0. The van der Waals surface area contributed by atoms with Crippen LogP contribution >= 0.6 is 0 Å². The van der Waals surface area contributed by atoms with E-state index in [2.05, 4.69) is 9.47 Å². The Balaban J connectivity index is 1.87. The van der Waals surface area contributed by atoms with Gasteiger partial charge in [0.05, 0.1) is 4.92 Å². The average molecular weight is 409 g/mol. The second-order valence-corrected chi connectivity index (χ2v) is 5.26. The van der Waals surface area contributed by atoms with Gasteiger partial charge in [0, 0.05) is 17.7 Å². The van der Waals surface area contributed by atoms with E-state index >= 15 is 0 Å². The van der Waals surface area contributed by atoms with Crippen LogP contribution in [0.2, 0.25) is 0 Å². The van der Waals surface area contributed by atoms with Crippen LogP contribution in [0.5, 0.6) is 5.75 Å². The van der Waals surface area contributed by atoms with E-state index in [-0.39, 0.29) is 16.8 Å². The summed E-state index contributed by atoms with van der Waals surface area (Å²) < 4.78 is 33.6. The number of nitrogens with zero attached hydrogens (tertiary/aromatic N) is 1. The van der Waals surface area contributed by atoms with Crippen molar-refractivity contribution >= 4 is 23.5 Å². The maximum absolute atomic E-state index is 12.3. The minimum absolute atomic E-state index is 0.0884. The number of esters is 1. The second kappa shape index (κ2) is 9.73. The zero-order valence-corrected chi connectivity index (χ0v) is 14.5. The Morgan fingerprint density at radius 2 is 1.79 bits per heavy atom. The fraction of sp³-hybridized carbons (Fsp3) is 0.118. The van der Waals surface area contributed by atoms with Gasteiger partial charge in [0.15, 0.2) is 6.61 Å². The molecular formula is C17H13F2N3O7. The third-order valence-electron chi connectivity index (χ3n) is 3.29. The van der Waals surface area contributed by atoms with Gasteiger partial charge in [-0.05, 0) is 18.2 Å². The van der Waals surface area contributed by atoms with Gasteiger partial charge in [0.2, 0.25) is 0 Å². The minimum Gasteiger partial charge on any atom is -0.452 e. The Bertz CT molecular complexity index is 937. The number of nitrogens with one attached hydrogen (secondary N) is 2. The molecular weight excluding hydrogens is 396 g/mol. The number of alkyl halides is 2. The van der Waals surface area contributed by atoms with Crippen molar-refractivity contribution in [2.75, 3.05) is 6.61 Å². The molecule has 0 aromatic heterocycles. The number of nitro benzene ring substituents is 1. The first-order valence-corrected chi connectivity index (χ1v) is 7.82. The summed E-state index contributed by atoms with van der Waals surface area (Å²) in [6, 6.07) is 9.80. The van der Waals surface area contributed by atoms with E-state index in [0.717, 1.165) is 12.1 Å². The fourth-order valence-corrected chi connectivity index (χ4v) is 2.04. The molecule has 0 aliphatic carbocycles. The highest BCUT2D eigenvalue weighted by atomic mass is 19.3. The van der Waals surface area contributed by atoms with Gasteiger partial charge in [-0.15, -0.1) is 0 Å². The van der Waals surface area contributed by atoms with Crippen LogP contribution in [0.15, 0.2) is 48.5 Å². The van der Waals surface area contributed by atoms with Crippen molar-refractivity contribution in [3.8, 4) is 5.75 Å². The van der Waals surface area contributed by atoms with Crippen LogP contribution in [0.25, 0.3) is 0 Å². The van der Waals surface area contributed by atoms with Crippen LogP contribution in [0.3, 0.4) is 0 Å². The molecule has 10 nitrogen and oxygen atoms in total. The number of halogens is 2. The van der Waals surface area contributed by atoms with E-state index in [0.29, 0.717) is 0 Å². The molecule has 0 bridgehead atoms. The van der Waals surface area contributed by atoms with Crippen molar-refractivity contribution < 1.29 is 37.6 Å². The third kappa shape index (κ3) is 6.23. The predicted molar refractivity (Wildman–Crippen MR) is 92.1 cm³/mol. The Hall–Kier alpha value is -4.09. The summed E-state index contributed by atoms with van der Waals surface area (Å²) in [5.41, 5.74) is 3.21. The van der Waals surface area contributed by atoms with Crippen molar-refractivity contribution in [2.24, 2.45) is 0 Å². The lowest BCUT2D eigenvalue weighted by atomic mass is 10.2. The summed E-state index contributed by atoms with van der Waals surface area (Å²) in [4.78, 5) is 45.5. The number of amides is 2. The van der Waals surface area contributed by atoms with Gasteiger partial charge in [-0.2, -0.15) is 8.78 Å². The average Bonchev–Trinajstić information content (AvgIpc) is 2.70. The molecule has 29 heavy (non-hydrogen) atoms. The molecule has 0 atom stereocenters. The molecule has 0 aliphatic rings. The lowest BCUT2D eigenvalue weighted by Gasteiger charge is -2.11. The molecule has 0 fully saturated rings. The van der Waals surface area contributed by atoms with E-state index in [9.17, 15) is 33.3 Å². The predicted octanol–water partition coefficient (Wildman–Crippen LogP) is 1.81. The van der Waals surface area contributed by atoms with Gasteiger partial charge in [-0.25, -0.2) is 4.79 Å². The van der Waals surface area contributed by atoms with E-state index in [1.165, 1.54) is 36.4 Å². The second-order valence-electron chi connectivity index (χ2n) is 5.26. The number of non-ortho nitro benzene ring substituents is 1. The summed E-state index contributed by atoms with van der Waals surface area (Å²) in [5.74, 6) is -3.30. The lowest BCUT2D eigenvalue weighted by Crippen LogP contribution is -2.43. The van der Waals surface area contributed by atoms with Gasteiger partial charge in [-0.1, -0.05) is 18.2 Å². The van der Waals surface area contributed by atoms with Crippen LogP contribution in [0, 0.1) is 10.1 Å². The highest BCUT2D eigenvalue weighted by Gasteiger charge is 2.18. The number of carbonyl (C=O) groups is 3. The van der Waals surface area contributed by atoms with E-state index in [1.54, 1.807) is 0 Å². The van der Waals surface area contributed by atoms with Crippen LogP contribution in [0.4, 0.5) is 14.5 Å². The maximum Gasteiger partial charge on any atom is 0.387 e. The molecule has 0 spiro atoms. The lowest BCUT2D eigenvalue weighted by molar-refractivity contribution is -0.384. The van der Waals surface area contributed by atoms with Crippen molar-refractivity contribution in [1.82, 2.24) is 10.9 Å². The van der Waals surface area contributed by atoms with Crippen LogP contribution in [-0.4, -0.2) is 35.9 Å². The van der Waals surface area contributed by atoms with Crippen molar-refractivity contribution in [3.63, 3.8) is 0 Å². The topological polar surface area (TPSA) is 137 Å². The molecule has 0 aliphatic heterocycles. The smallest absolute Gasteiger partial charge is 0.387 e. The van der Waals surface area contributed by atoms with Crippen LogP contribution in [-0.2, 0) is 9.53 Å². The van der Waals surface area contributed by atoms with Crippen molar-refractivity contribution in [1.29, 1.82) is 0 Å². The van der Waals surface area contributed by atoms with Crippen LogP contribution in [0.1, 0.15) is 20.7 Å². The first-order valence-electron chi connectivity index (χ1n) is 7.82. The quantitative estimate of drug-likeness (QED) is 0.404. The van der Waals surface area contributed by atoms with Gasteiger partial charge >= 0.3 is 12.6 Å². The zero-order valence-electron chi connectivity index (χ0n) is 14.5. The molecule has 152 valence electrons.